The molecule has 2 amide bonds. The molecule has 0 aliphatic rings. The Morgan fingerprint density at radius 2 is 1.46 bits per heavy atom. The zero-order chi connectivity index (χ0) is 18.3. The van der Waals surface area contributed by atoms with Gasteiger partial charge >= 0.3 is 7.82 Å². The molecule has 0 fully saturated rings. The van der Waals surface area contributed by atoms with Gasteiger partial charge in [0, 0.05) is 33.0 Å². The lowest BCUT2D eigenvalue weighted by Crippen LogP contribution is -2.28. The fourth-order valence-electron chi connectivity index (χ4n) is 1.87. The van der Waals surface area contributed by atoms with Gasteiger partial charge in [-0.1, -0.05) is 12.8 Å². The van der Waals surface area contributed by atoms with Crippen LogP contribution in [-0.4, -0.2) is 55.0 Å². The summed E-state index contributed by atoms with van der Waals surface area (Å²) in [5.74, 6) is -0.165. The van der Waals surface area contributed by atoms with E-state index in [-0.39, 0.29) is 18.4 Å². The number of nitrogens with one attached hydrogen (secondary N) is 2. The van der Waals surface area contributed by atoms with Gasteiger partial charge in [-0.3, -0.25) is 14.1 Å². The maximum atomic E-state index is 11.6. The average Bonchev–Trinajstić information content (AvgIpc) is 2.49. The highest BCUT2D eigenvalue weighted by atomic mass is 31.2. The Morgan fingerprint density at radius 3 is 2.04 bits per heavy atom. The molecular formula is C14H29N2O7P. The fraction of sp³-hybridized carbons (Fsp3) is 0.857. The van der Waals surface area contributed by atoms with Gasteiger partial charge in [-0.15, -0.1) is 0 Å². The van der Waals surface area contributed by atoms with Gasteiger partial charge in [0.05, 0.1) is 13.2 Å². The molecule has 0 aromatic carbocycles. The predicted molar refractivity (Wildman–Crippen MR) is 88.2 cm³/mol. The lowest BCUT2D eigenvalue weighted by atomic mass is 10.2. The molecule has 0 aromatic heterocycles. The third-order valence-corrected chi connectivity index (χ3v) is 3.61. The van der Waals surface area contributed by atoms with Crippen LogP contribution < -0.4 is 10.6 Å². The SMILES string of the molecule is COCCNC(=O)CCCC(=O)NCCCCCCOP(=O)(O)O. The van der Waals surface area contributed by atoms with Crippen LogP contribution in [0.25, 0.3) is 0 Å². The molecule has 0 unspecified atom stereocenters. The standard InChI is InChI=1S/C14H29N2O7P/c1-22-12-10-16-14(18)8-6-7-13(17)15-9-4-2-3-5-11-23-24(19,20)21/h2-12H2,1H3,(H,15,17)(H,16,18)(H2,19,20,21). The topological polar surface area (TPSA) is 134 Å². The molecule has 0 saturated heterocycles. The van der Waals surface area contributed by atoms with Crippen molar-refractivity contribution in [1.29, 1.82) is 0 Å². The normalized spacial score (nSPS) is 11.3. The van der Waals surface area contributed by atoms with E-state index in [9.17, 15) is 14.2 Å². The van der Waals surface area contributed by atoms with Crippen molar-refractivity contribution < 1.29 is 33.2 Å². The molecule has 0 radical (unpaired) electrons. The largest absolute Gasteiger partial charge is 0.469 e. The minimum atomic E-state index is -4.36. The van der Waals surface area contributed by atoms with Crippen molar-refractivity contribution in [3.8, 4) is 0 Å². The van der Waals surface area contributed by atoms with E-state index in [0.29, 0.717) is 45.4 Å². The number of ether oxygens (including phenoxy) is 1. The second-order valence-corrected chi connectivity index (χ2v) is 6.52. The van der Waals surface area contributed by atoms with Crippen LogP contribution in [0.1, 0.15) is 44.9 Å². The van der Waals surface area contributed by atoms with Crippen LogP contribution >= 0.6 is 7.82 Å². The molecule has 4 N–H and O–H groups in total. The van der Waals surface area contributed by atoms with Crippen LogP contribution in [0.2, 0.25) is 0 Å². The number of phosphoric ester groups is 1. The summed E-state index contributed by atoms with van der Waals surface area (Å²) in [6.07, 6.45) is 4.11. The number of hydrogen-bond acceptors (Lipinski definition) is 5. The van der Waals surface area contributed by atoms with Crippen LogP contribution in [-0.2, 0) is 23.4 Å². The number of carbonyl (C=O) groups is 2. The molecule has 0 spiro atoms. The number of carbonyl (C=O) groups excluding carboxylic acids is 2. The Balaban J connectivity index is 3.38. The van der Waals surface area contributed by atoms with Crippen molar-refractivity contribution in [3.63, 3.8) is 0 Å². The first-order valence-electron chi connectivity index (χ1n) is 8.07. The van der Waals surface area contributed by atoms with E-state index < -0.39 is 7.82 Å². The van der Waals surface area contributed by atoms with Gasteiger partial charge in [0.1, 0.15) is 0 Å². The zero-order valence-electron chi connectivity index (χ0n) is 14.2. The van der Waals surface area contributed by atoms with Crippen molar-refractivity contribution in [1.82, 2.24) is 10.6 Å². The second kappa shape index (κ2) is 14.4. The minimum absolute atomic E-state index is 0.0308. The maximum absolute atomic E-state index is 11.6. The minimum Gasteiger partial charge on any atom is -0.383 e. The lowest BCUT2D eigenvalue weighted by Gasteiger charge is -2.07. The molecule has 9 nitrogen and oxygen atoms in total. The molecular weight excluding hydrogens is 339 g/mol. The molecule has 142 valence electrons. The van der Waals surface area contributed by atoms with Crippen LogP contribution in [0.4, 0.5) is 0 Å². The van der Waals surface area contributed by atoms with Gasteiger partial charge in [0.25, 0.3) is 0 Å². The highest BCUT2D eigenvalue weighted by molar-refractivity contribution is 7.46. The highest BCUT2D eigenvalue weighted by Crippen LogP contribution is 2.35. The lowest BCUT2D eigenvalue weighted by molar-refractivity contribution is -0.122. The first-order valence-corrected chi connectivity index (χ1v) is 9.60. The Hall–Kier alpha value is -0.990. The van der Waals surface area contributed by atoms with Gasteiger partial charge < -0.3 is 25.2 Å². The molecule has 24 heavy (non-hydrogen) atoms. The Bertz CT molecular complexity index is 401. The number of rotatable bonds is 15. The highest BCUT2D eigenvalue weighted by Gasteiger charge is 2.12. The van der Waals surface area contributed by atoms with Crippen molar-refractivity contribution in [2.45, 2.75) is 44.9 Å². The van der Waals surface area contributed by atoms with Crippen molar-refractivity contribution in [3.05, 3.63) is 0 Å². The van der Waals surface area contributed by atoms with E-state index in [4.69, 9.17) is 14.5 Å². The molecule has 10 heteroatoms. The maximum Gasteiger partial charge on any atom is 0.469 e. The molecule has 0 bridgehead atoms. The number of hydrogen-bond donors (Lipinski definition) is 4. The van der Waals surface area contributed by atoms with Gasteiger partial charge in [-0.25, -0.2) is 4.57 Å². The Kier molecular flexibility index (Phi) is 13.8. The van der Waals surface area contributed by atoms with Gasteiger partial charge in [0.2, 0.25) is 11.8 Å². The van der Waals surface area contributed by atoms with Crippen molar-refractivity contribution in [2.24, 2.45) is 0 Å². The number of methoxy groups -OCH3 is 1. The first kappa shape index (κ1) is 23.0. The van der Waals surface area contributed by atoms with Crippen molar-refractivity contribution >= 4 is 19.6 Å². The Labute approximate surface area is 142 Å². The van der Waals surface area contributed by atoms with Crippen LogP contribution in [0.3, 0.4) is 0 Å². The van der Waals surface area contributed by atoms with Gasteiger partial charge in [-0.05, 0) is 19.3 Å². The predicted octanol–water partition coefficient (Wildman–Crippen LogP) is 0.705. The molecule has 0 aliphatic carbocycles. The quantitative estimate of drug-likeness (QED) is 0.247. The van der Waals surface area contributed by atoms with Gasteiger partial charge in [0.15, 0.2) is 0 Å². The number of phosphoric acid groups is 1. The molecule has 0 rings (SSSR count). The fourth-order valence-corrected chi connectivity index (χ4v) is 2.24. The first-order chi connectivity index (χ1) is 11.3. The summed E-state index contributed by atoms with van der Waals surface area (Å²) in [5.41, 5.74) is 0. The van der Waals surface area contributed by atoms with E-state index in [1.807, 2.05) is 0 Å². The summed E-state index contributed by atoms with van der Waals surface area (Å²) in [6, 6.07) is 0. The number of amides is 2. The smallest absolute Gasteiger partial charge is 0.383 e. The van der Waals surface area contributed by atoms with E-state index in [1.54, 1.807) is 7.11 Å². The monoisotopic (exact) mass is 368 g/mol. The molecule has 0 atom stereocenters. The summed E-state index contributed by atoms with van der Waals surface area (Å²) in [6.45, 7) is 1.53. The summed E-state index contributed by atoms with van der Waals surface area (Å²) in [5, 5.41) is 5.47. The zero-order valence-corrected chi connectivity index (χ0v) is 15.1. The average molecular weight is 368 g/mol. The third kappa shape index (κ3) is 17.4. The van der Waals surface area contributed by atoms with Crippen LogP contribution in [0.5, 0.6) is 0 Å². The summed E-state index contributed by atoms with van der Waals surface area (Å²) in [4.78, 5) is 39.9. The van der Waals surface area contributed by atoms with Crippen molar-refractivity contribution in [2.75, 3.05) is 33.4 Å². The molecule has 0 aromatic rings. The molecule has 0 aliphatic heterocycles. The third-order valence-electron chi connectivity index (χ3n) is 3.09. The second-order valence-electron chi connectivity index (χ2n) is 5.28. The summed E-state index contributed by atoms with van der Waals surface area (Å²) >= 11 is 0. The van der Waals surface area contributed by atoms with Crippen LogP contribution in [0, 0.1) is 0 Å². The molecule has 0 saturated carbocycles. The van der Waals surface area contributed by atoms with E-state index in [0.717, 1.165) is 19.3 Å². The van der Waals surface area contributed by atoms with E-state index in [2.05, 4.69) is 15.2 Å². The van der Waals surface area contributed by atoms with Gasteiger partial charge in [-0.2, -0.15) is 0 Å². The molecule has 0 heterocycles. The van der Waals surface area contributed by atoms with Crippen LogP contribution in [0.15, 0.2) is 0 Å². The number of unbranched alkanes of at least 4 members (excludes halogenated alkanes) is 3. The van der Waals surface area contributed by atoms with E-state index >= 15 is 0 Å². The summed E-state index contributed by atoms with van der Waals surface area (Å²) < 4.78 is 19.6. The summed E-state index contributed by atoms with van der Waals surface area (Å²) in [7, 11) is -2.80. The van der Waals surface area contributed by atoms with E-state index in [1.165, 1.54) is 0 Å². The Morgan fingerprint density at radius 1 is 0.875 bits per heavy atom.